The number of amides is 3. The molecule has 1 saturated heterocycles. The first kappa shape index (κ1) is 30.9. The molecule has 0 unspecified atom stereocenters. The van der Waals surface area contributed by atoms with Crippen LogP contribution in [0.1, 0.15) is 64.8 Å². The smallest absolute Gasteiger partial charge is 0.410 e. The van der Waals surface area contributed by atoms with Gasteiger partial charge >= 0.3 is 6.09 Å². The Morgan fingerprint density at radius 2 is 1.66 bits per heavy atom. The van der Waals surface area contributed by atoms with Crippen molar-refractivity contribution < 1.29 is 32.3 Å². The number of sulfonamides is 1. The van der Waals surface area contributed by atoms with Gasteiger partial charge in [0.1, 0.15) is 5.00 Å². The van der Waals surface area contributed by atoms with Crippen molar-refractivity contribution in [2.75, 3.05) is 57.9 Å². The number of rotatable bonds is 10. The summed E-state index contributed by atoms with van der Waals surface area (Å²) < 4.78 is 38.3. The Hall–Kier alpha value is -3.00. The van der Waals surface area contributed by atoms with Crippen molar-refractivity contribution in [3.8, 4) is 0 Å². The molecule has 2 aliphatic heterocycles. The van der Waals surface area contributed by atoms with E-state index >= 15 is 0 Å². The fourth-order valence-corrected chi connectivity index (χ4v) is 7.84. The lowest BCUT2D eigenvalue weighted by atomic mass is 10.0. The van der Waals surface area contributed by atoms with Gasteiger partial charge in [-0.1, -0.05) is 13.8 Å². The van der Waals surface area contributed by atoms with Crippen LogP contribution in [-0.4, -0.2) is 93.0 Å². The van der Waals surface area contributed by atoms with E-state index in [0.29, 0.717) is 75.8 Å². The number of anilines is 1. The highest BCUT2D eigenvalue weighted by Gasteiger charge is 2.33. The van der Waals surface area contributed by atoms with Crippen LogP contribution in [0.4, 0.5) is 9.80 Å². The molecule has 4 rings (SSSR count). The highest BCUT2D eigenvalue weighted by Crippen LogP contribution is 2.38. The van der Waals surface area contributed by atoms with Gasteiger partial charge in [-0.15, -0.1) is 11.3 Å². The molecule has 0 spiro atoms. The molecule has 2 aliphatic rings. The quantitative estimate of drug-likeness (QED) is 0.436. The lowest BCUT2D eigenvalue weighted by Crippen LogP contribution is -2.41. The normalized spacial score (nSPS) is 15.5. The third-order valence-electron chi connectivity index (χ3n) is 7.02. The molecule has 2 aromatic rings. The van der Waals surface area contributed by atoms with Gasteiger partial charge in [0, 0.05) is 43.2 Å². The molecule has 41 heavy (non-hydrogen) atoms. The molecule has 0 bridgehead atoms. The first-order valence-corrected chi connectivity index (χ1v) is 16.3. The number of benzene rings is 1. The molecular formula is C28H38N4O7S2. The zero-order valence-corrected chi connectivity index (χ0v) is 25.4. The number of nitrogens with zero attached hydrogens (tertiary/aromatic N) is 3. The third-order valence-corrected chi connectivity index (χ3v) is 10.1. The Morgan fingerprint density at radius 3 is 2.27 bits per heavy atom. The minimum atomic E-state index is -3.67. The second-order valence-electron chi connectivity index (χ2n) is 9.87. The average molecular weight is 607 g/mol. The molecule has 3 heterocycles. The van der Waals surface area contributed by atoms with Gasteiger partial charge in [0.2, 0.25) is 10.0 Å². The van der Waals surface area contributed by atoms with Crippen molar-refractivity contribution in [2.24, 2.45) is 0 Å². The summed E-state index contributed by atoms with van der Waals surface area (Å²) in [5, 5.41) is 3.31. The van der Waals surface area contributed by atoms with Gasteiger partial charge in [-0.25, -0.2) is 13.2 Å². The number of carbonyl (C=O) groups is 3. The van der Waals surface area contributed by atoms with Gasteiger partial charge in [0.15, 0.2) is 0 Å². The van der Waals surface area contributed by atoms with Crippen molar-refractivity contribution >= 4 is 44.3 Å². The van der Waals surface area contributed by atoms with Crippen molar-refractivity contribution in [1.82, 2.24) is 14.1 Å². The van der Waals surface area contributed by atoms with Crippen LogP contribution in [0.5, 0.6) is 0 Å². The minimum Gasteiger partial charge on any atom is -0.450 e. The number of carbonyl (C=O) groups excluding carboxylic acids is 3. The summed E-state index contributed by atoms with van der Waals surface area (Å²) >= 11 is 1.28. The second-order valence-corrected chi connectivity index (χ2v) is 12.9. The fraction of sp³-hybridized carbons (Fsp3) is 0.536. The van der Waals surface area contributed by atoms with E-state index in [4.69, 9.17) is 9.47 Å². The topological polar surface area (TPSA) is 126 Å². The Labute approximate surface area is 245 Å². The van der Waals surface area contributed by atoms with Crippen LogP contribution in [0.2, 0.25) is 0 Å². The Kier molecular flexibility index (Phi) is 10.4. The monoisotopic (exact) mass is 606 g/mol. The predicted octanol–water partition coefficient (Wildman–Crippen LogP) is 3.80. The highest BCUT2D eigenvalue weighted by atomic mass is 32.2. The number of thiophene rings is 1. The molecule has 3 amide bonds. The van der Waals surface area contributed by atoms with Crippen molar-refractivity contribution in [1.29, 1.82) is 0 Å². The van der Waals surface area contributed by atoms with Crippen LogP contribution in [0, 0.1) is 0 Å². The van der Waals surface area contributed by atoms with E-state index in [9.17, 15) is 22.8 Å². The SMILES string of the molecule is CCCN(CCC)S(=O)(=O)c1ccc(C(=O)Nc2sc3c(c2C(=O)N2CCOCC2)CCN(C(=O)OCC)C3)cc1. The molecule has 1 aromatic heterocycles. The molecule has 13 heteroatoms. The first-order chi connectivity index (χ1) is 19.7. The van der Waals surface area contributed by atoms with Crippen molar-refractivity contribution in [3.63, 3.8) is 0 Å². The van der Waals surface area contributed by atoms with Gasteiger partial charge in [0.25, 0.3) is 11.8 Å². The zero-order valence-electron chi connectivity index (χ0n) is 23.8. The van der Waals surface area contributed by atoms with Crippen LogP contribution in [0.25, 0.3) is 0 Å². The summed E-state index contributed by atoms with van der Waals surface area (Å²) in [7, 11) is -3.67. The van der Waals surface area contributed by atoms with E-state index < -0.39 is 22.0 Å². The van der Waals surface area contributed by atoms with Crippen molar-refractivity contribution in [2.45, 2.75) is 51.5 Å². The third kappa shape index (κ3) is 6.91. The molecular weight excluding hydrogens is 568 g/mol. The van der Waals surface area contributed by atoms with Crippen LogP contribution in [0.3, 0.4) is 0 Å². The van der Waals surface area contributed by atoms with E-state index in [0.717, 1.165) is 10.4 Å². The average Bonchev–Trinajstić information content (AvgIpc) is 3.34. The number of fused-ring (bicyclic) bond motifs is 1. The predicted molar refractivity (Wildman–Crippen MR) is 156 cm³/mol. The maximum Gasteiger partial charge on any atom is 0.410 e. The molecule has 1 fully saturated rings. The van der Waals surface area contributed by atoms with Crippen molar-refractivity contribution in [3.05, 3.63) is 45.8 Å². The summed E-state index contributed by atoms with van der Waals surface area (Å²) in [6, 6.07) is 5.85. The molecule has 0 aliphatic carbocycles. The molecule has 224 valence electrons. The lowest BCUT2D eigenvalue weighted by Gasteiger charge is -2.29. The first-order valence-electron chi connectivity index (χ1n) is 14.1. The molecule has 11 nitrogen and oxygen atoms in total. The van der Waals surface area contributed by atoms with Gasteiger partial charge in [0.05, 0.1) is 36.8 Å². The van der Waals surface area contributed by atoms with E-state index in [1.807, 2.05) is 13.8 Å². The second kappa shape index (κ2) is 13.8. The number of ether oxygens (including phenoxy) is 2. The highest BCUT2D eigenvalue weighted by molar-refractivity contribution is 7.89. The fourth-order valence-electron chi connectivity index (χ4n) is 4.97. The molecule has 1 N–H and O–H groups in total. The van der Waals surface area contributed by atoms with Gasteiger partial charge in [-0.05, 0) is 56.0 Å². The summed E-state index contributed by atoms with van der Waals surface area (Å²) in [6.45, 7) is 9.22. The van der Waals surface area contributed by atoms with E-state index in [2.05, 4.69) is 5.32 Å². The molecule has 0 saturated carbocycles. The Balaban J connectivity index is 1.60. The van der Waals surface area contributed by atoms with E-state index in [1.165, 1.54) is 39.9 Å². The van der Waals surface area contributed by atoms with Crippen LogP contribution in [-0.2, 0) is 32.5 Å². The summed E-state index contributed by atoms with van der Waals surface area (Å²) in [4.78, 5) is 43.6. The van der Waals surface area contributed by atoms with Crippen LogP contribution >= 0.6 is 11.3 Å². The minimum absolute atomic E-state index is 0.129. The maximum absolute atomic E-state index is 13.7. The van der Waals surface area contributed by atoms with Gasteiger partial charge in [-0.3, -0.25) is 9.59 Å². The number of nitrogens with one attached hydrogen (secondary N) is 1. The number of hydrogen-bond acceptors (Lipinski definition) is 8. The summed E-state index contributed by atoms with van der Waals surface area (Å²) in [5.74, 6) is -0.635. The molecule has 0 radical (unpaired) electrons. The van der Waals surface area contributed by atoms with Gasteiger partial charge in [-0.2, -0.15) is 4.31 Å². The lowest BCUT2D eigenvalue weighted by molar-refractivity contribution is 0.0303. The van der Waals surface area contributed by atoms with E-state index in [-0.39, 0.29) is 29.5 Å². The summed E-state index contributed by atoms with van der Waals surface area (Å²) in [6.07, 6.45) is 1.45. The number of hydrogen-bond donors (Lipinski definition) is 1. The molecule has 0 atom stereocenters. The van der Waals surface area contributed by atoms with E-state index in [1.54, 1.807) is 16.7 Å². The van der Waals surface area contributed by atoms with Crippen LogP contribution < -0.4 is 5.32 Å². The standard InChI is InChI=1S/C28H38N4O7S2/c1-4-12-32(13-5-2)41(36,37)21-9-7-20(8-10-21)25(33)29-26-24(27(34)30-15-17-38-18-16-30)22-11-14-31(19-23(22)40-26)28(35)39-6-3/h7-10H,4-6,11-19H2,1-3H3,(H,29,33). The Bertz CT molecular complexity index is 1350. The van der Waals surface area contributed by atoms with Crippen LogP contribution in [0.15, 0.2) is 29.2 Å². The largest absolute Gasteiger partial charge is 0.450 e. The summed E-state index contributed by atoms with van der Waals surface area (Å²) in [5.41, 5.74) is 1.54. The maximum atomic E-state index is 13.7. The van der Waals surface area contributed by atoms with Gasteiger partial charge < -0.3 is 24.6 Å². The number of morpholine rings is 1. The zero-order chi connectivity index (χ0) is 29.6. The molecule has 1 aromatic carbocycles. The Morgan fingerprint density at radius 1 is 1.00 bits per heavy atom.